The number of pyridine rings is 1. The topological polar surface area (TPSA) is 120 Å². The number of nitrogens with one attached hydrogen (secondary N) is 3. The van der Waals surface area contributed by atoms with Crippen LogP contribution in [0.3, 0.4) is 0 Å². The molecule has 3 N–H and O–H groups in total. The highest BCUT2D eigenvalue weighted by Gasteiger charge is 2.07. The lowest BCUT2D eigenvalue weighted by atomic mass is 10.2. The van der Waals surface area contributed by atoms with Gasteiger partial charge in [-0.15, -0.1) is 0 Å². The van der Waals surface area contributed by atoms with Crippen LogP contribution in [-0.4, -0.2) is 29.2 Å². The lowest BCUT2D eigenvalue weighted by molar-refractivity contribution is -0.342. The minimum atomic E-state index is -3.92. The van der Waals surface area contributed by atoms with Gasteiger partial charge < -0.3 is 14.5 Å². The zero-order valence-electron chi connectivity index (χ0n) is 9.93. The van der Waals surface area contributed by atoms with Crippen molar-refractivity contribution in [2.24, 2.45) is 0 Å². The Balaban J connectivity index is 0.000000232. The Bertz CT molecular complexity index is 871. The van der Waals surface area contributed by atoms with E-state index in [1.807, 2.05) is 24.3 Å². The van der Waals surface area contributed by atoms with E-state index in [0.717, 1.165) is 21.9 Å². The summed E-state index contributed by atoms with van der Waals surface area (Å²) in [6.45, 7) is 0. The molecular formula is C11H11N3O4S. The van der Waals surface area contributed by atoms with E-state index in [0.29, 0.717) is 6.26 Å². The van der Waals surface area contributed by atoms with E-state index in [-0.39, 0.29) is 5.69 Å². The Labute approximate surface area is 108 Å². The minimum Gasteiger partial charge on any atom is -0.748 e. The minimum absolute atomic E-state index is 0.176. The van der Waals surface area contributed by atoms with E-state index in [9.17, 15) is 4.79 Å². The first-order valence-corrected chi connectivity index (χ1v) is 7.08. The highest BCUT2D eigenvalue weighted by atomic mass is 32.2. The van der Waals surface area contributed by atoms with Crippen molar-refractivity contribution in [2.45, 2.75) is 0 Å². The van der Waals surface area contributed by atoms with E-state index >= 15 is 0 Å². The quantitative estimate of drug-likeness (QED) is 0.563. The molecule has 2 aromatic heterocycles. The van der Waals surface area contributed by atoms with Crippen molar-refractivity contribution in [2.75, 3.05) is 6.26 Å². The first-order valence-electron chi connectivity index (χ1n) is 5.27. The monoisotopic (exact) mass is 281 g/mol. The molecule has 1 aromatic carbocycles. The summed E-state index contributed by atoms with van der Waals surface area (Å²) >= 11 is 0. The second-order valence-electron chi connectivity index (χ2n) is 3.91. The molecule has 0 saturated carbocycles. The number of fused-ring (bicyclic) bond motifs is 3. The maximum Gasteiger partial charge on any atom is 0.323 e. The molecule has 2 heterocycles. The maximum absolute atomic E-state index is 11.1. The Morgan fingerprint density at radius 1 is 1.21 bits per heavy atom. The smallest absolute Gasteiger partial charge is 0.323 e. The van der Waals surface area contributed by atoms with Crippen LogP contribution in [0.25, 0.3) is 21.9 Å². The second kappa shape index (κ2) is 4.82. The number of rotatable bonds is 0. The largest absolute Gasteiger partial charge is 0.748 e. The first-order chi connectivity index (χ1) is 8.84. The number of aromatic amines is 3. The average Bonchev–Trinajstić information content (AvgIpc) is 2.67. The van der Waals surface area contributed by atoms with Gasteiger partial charge in [0.1, 0.15) is 5.52 Å². The van der Waals surface area contributed by atoms with Crippen molar-refractivity contribution in [3.63, 3.8) is 0 Å². The van der Waals surface area contributed by atoms with Crippen molar-refractivity contribution in [1.82, 2.24) is 9.97 Å². The van der Waals surface area contributed by atoms with Gasteiger partial charge in [0.05, 0.1) is 21.0 Å². The number of hydrogen-bond acceptors (Lipinski definition) is 4. The van der Waals surface area contributed by atoms with Crippen molar-refractivity contribution in [3.8, 4) is 0 Å². The Morgan fingerprint density at radius 3 is 2.53 bits per heavy atom. The summed E-state index contributed by atoms with van der Waals surface area (Å²) in [5.41, 5.74) is 2.48. The molecule has 0 atom stereocenters. The second-order valence-corrected chi connectivity index (χ2v) is 5.31. The zero-order chi connectivity index (χ0) is 14.0. The van der Waals surface area contributed by atoms with E-state index in [1.54, 1.807) is 6.20 Å². The van der Waals surface area contributed by atoms with Crippen molar-refractivity contribution in [1.29, 1.82) is 0 Å². The summed E-state index contributed by atoms with van der Waals surface area (Å²) in [6, 6.07) is 7.84. The van der Waals surface area contributed by atoms with Crippen LogP contribution in [0, 0.1) is 0 Å². The number of H-pyrrole nitrogens is 3. The van der Waals surface area contributed by atoms with E-state index < -0.39 is 10.1 Å². The molecule has 19 heavy (non-hydrogen) atoms. The van der Waals surface area contributed by atoms with Crippen LogP contribution >= 0.6 is 0 Å². The molecule has 0 aliphatic heterocycles. The van der Waals surface area contributed by atoms with E-state index in [4.69, 9.17) is 13.0 Å². The fourth-order valence-corrected chi connectivity index (χ4v) is 1.69. The molecule has 0 saturated heterocycles. The van der Waals surface area contributed by atoms with E-state index in [2.05, 4.69) is 15.0 Å². The third-order valence-electron chi connectivity index (χ3n) is 2.32. The number of imidazole rings is 1. The van der Waals surface area contributed by atoms with Gasteiger partial charge in [-0.2, -0.15) is 0 Å². The number of hydrogen-bond donors (Lipinski definition) is 2. The summed E-state index contributed by atoms with van der Waals surface area (Å²) < 4.78 is 27.2. The average molecular weight is 281 g/mol. The van der Waals surface area contributed by atoms with Gasteiger partial charge in [-0.1, -0.05) is 12.1 Å². The van der Waals surface area contributed by atoms with Gasteiger partial charge in [-0.3, -0.25) is 0 Å². The Kier molecular flexibility index (Phi) is 3.36. The summed E-state index contributed by atoms with van der Waals surface area (Å²) in [4.78, 5) is 19.7. The molecule has 0 aliphatic carbocycles. The van der Waals surface area contributed by atoms with Crippen molar-refractivity contribution < 1.29 is 18.0 Å². The molecule has 7 nitrogen and oxygen atoms in total. The van der Waals surface area contributed by atoms with Gasteiger partial charge in [-0.25, -0.2) is 18.2 Å². The van der Waals surface area contributed by atoms with Crippen molar-refractivity contribution in [3.05, 3.63) is 40.9 Å². The molecule has 3 rings (SSSR count). The number of benzene rings is 1. The van der Waals surface area contributed by atoms with Gasteiger partial charge >= 0.3 is 5.69 Å². The molecule has 100 valence electrons. The molecular weight excluding hydrogens is 270 g/mol. The zero-order valence-corrected chi connectivity index (χ0v) is 10.7. The van der Waals surface area contributed by atoms with Crippen LogP contribution in [0.2, 0.25) is 0 Å². The van der Waals surface area contributed by atoms with Gasteiger partial charge in [0, 0.05) is 12.3 Å². The molecule has 0 bridgehead atoms. The van der Waals surface area contributed by atoms with Gasteiger partial charge in [0.2, 0.25) is 5.52 Å². The highest BCUT2D eigenvalue weighted by molar-refractivity contribution is 7.84. The fraction of sp³-hybridized carbons (Fsp3) is 0.0909. The molecule has 8 heteroatoms. The summed E-state index contributed by atoms with van der Waals surface area (Å²) in [5, 5.41) is 1.02. The van der Waals surface area contributed by atoms with Crippen LogP contribution in [0.4, 0.5) is 0 Å². The summed E-state index contributed by atoms with van der Waals surface area (Å²) in [7, 11) is -3.92. The van der Waals surface area contributed by atoms with Crippen LogP contribution in [-0.2, 0) is 10.1 Å². The van der Waals surface area contributed by atoms with Gasteiger partial charge in [0.25, 0.3) is 0 Å². The summed E-state index contributed by atoms with van der Waals surface area (Å²) in [5.74, 6) is 0. The van der Waals surface area contributed by atoms with Crippen LogP contribution in [0.5, 0.6) is 0 Å². The lowest BCUT2D eigenvalue weighted by Gasteiger charge is -1.91. The SMILES string of the molecule is CS(=O)(=O)[O-].O=c1[nH]c2c[nH+]c3ccccc3c2[nH]1. The Hall–Kier alpha value is -2.19. The van der Waals surface area contributed by atoms with Crippen LogP contribution in [0.15, 0.2) is 35.3 Å². The summed E-state index contributed by atoms with van der Waals surface area (Å²) in [6.07, 6.45) is 2.39. The molecule has 0 amide bonds. The number of aromatic nitrogens is 3. The third kappa shape index (κ3) is 3.39. The molecule has 0 aliphatic rings. The fourth-order valence-electron chi connectivity index (χ4n) is 1.69. The van der Waals surface area contributed by atoms with Gasteiger partial charge in [-0.05, 0) is 6.07 Å². The number of para-hydroxylation sites is 1. The third-order valence-corrected chi connectivity index (χ3v) is 2.32. The predicted octanol–water partition coefficient (Wildman–Crippen LogP) is -0.0151. The van der Waals surface area contributed by atoms with E-state index in [1.165, 1.54) is 0 Å². The normalized spacial score (nSPS) is 11.3. The molecule has 0 radical (unpaired) electrons. The lowest BCUT2D eigenvalue weighted by Crippen LogP contribution is -2.02. The van der Waals surface area contributed by atoms with Crippen LogP contribution < -0.4 is 10.7 Å². The van der Waals surface area contributed by atoms with Crippen LogP contribution in [0.1, 0.15) is 0 Å². The standard InChI is InChI=1S/C10H7N3O.CH4O3S/c14-10-12-8-5-11-7-4-2-1-3-6(7)9(8)13-10;1-5(2,3)4/h1-5H,(H2,12,13,14);1H3,(H,2,3,4). The molecule has 0 spiro atoms. The van der Waals surface area contributed by atoms with Crippen molar-refractivity contribution >= 4 is 32.1 Å². The first kappa shape index (κ1) is 13.2. The maximum atomic E-state index is 11.1. The Morgan fingerprint density at radius 2 is 1.84 bits per heavy atom. The predicted molar refractivity (Wildman–Crippen MR) is 68.6 cm³/mol. The molecule has 3 aromatic rings. The highest BCUT2D eigenvalue weighted by Crippen LogP contribution is 2.15. The van der Waals surface area contributed by atoms with Gasteiger partial charge in [0.15, 0.2) is 6.20 Å². The molecule has 0 fully saturated rings. The molecule has 0 unspecified atom stereocenters.